The van der Waals surface area contributed by atoms with Gasteiger partial charge in [-0.05, 0) is 55.1 Å². The van der Waals surface area contributed by atoms with Gasteiger partial charge in [-0.3, -0.25) is 0 Å². The molecule has 7 nitrogen and oxygen atoms in total. The Kier molecular flexibility index (Phi) is 5.07. The molecule has 0 atom stereocenters. The number of hydrogen-bond acceptors (Lipinski definition) is 5. The lowest BCUT2D eigenvalue weighted by Crippen LogP contribution is -2.25. The van der Waals surface area contributed by atoms with Gasteiger partial charge in [0.25, 0.3) is 0 Å². The molecule has 1 saturated carbocycles. The third-order valence-electron chi connectivity index (χ3n) is 4.75. The van der Waals surface area contributed by atoms with Crippen LogP contribution in [0.3, 0.4) is 0 Å². The lowest BCUT2D eigenvalue weighted by Gasteiger charge is -2.28. The SMILES string of the molecule is CNS(=O)(=O)c1ccc(CC2CCC(F)(F)CC2)c(-c2nnn(C)n2)c1. The molecule has 0 saturated heterocycles. The summed E-state index contributed by atoms with van der Waals surface area (Å²) in [5, 5.41) is 11.9. The van der Waals surface area contributed by atoms with E-state index in [4.69, 9.17) is 0 Å². The highest BCUT2D eigenvalue weighted by Crippen LogP contribution is 2.38. The van der Waals surface area contributed by atoms with Crippen molar-refractivity contribution in [3.05, 3.63) is 23.8 Å². The van der Waals surface area contributed by atoms with Crippen LogP contribution < -0.4 is 4.72 Å². The van der Waals surface area contributed by atoms with Crippen LogP contribution in [0.4, 0.5) is 8.78 Å². The molecule has 1 aliphatic carbocycles. The average Bonchev–Trinajstić information content (AvgIpc) is 3.03. The first-order chi connectivity index (χ1) is 12.2. The summed E-state index contributed by atoms with van der Waals surface area (Å²) in [4.78, 5) is 1.39. The van der Waals surface area contributed by atoms with Gasteiger partial charge in [-0.25, -0.2) is 21.9 Å². The average molecular weight is 385 g/mol. The molecule has 1 N–H and O–H groups in total. The summed E-state index contributed by atoms with van der Waals surface area (Å²) in [7, 11) is -0.661. The number of benzene rings is 1. The van der Waals surface area contributed by atoms with Crippen LogP contribution in [0.2, 0.25) is 0 Å². The summed E-state index contributed by atoms with van der Waals surface area (Å²) in [5.74, 6) is -2.13. The zero-order valence-corrected chi connectivity index (χ0v) is 15.4. The number of tetrazole rings is 1. The van der Waals surface area contributed by atoms with Gasteiger partial charge in [0.1, 0.15) is 0 Å². The lowest BCUT2D eigenvalue weighted by molar-refractivity contribution is -0.0456. The molecule has 3 rings (SSSR count). The number of alkyl halides is 2. The summed E-state index contributed by atoms with van der Waals surface area (Å²) < 4.78 is 53.3. The number of aryl methyl sites for hydroxylation is 1. The highest BCUT2D eigenvalue weighted by atomic mass is 32.2. The van der Waals surface area contributed by atoms with E-state index in [1.165, 1.54) is 24.0 Å². The Morgan fingerprint density at radius 2 is 2.00 bits per heavy atom. The van der Waals surface area contributed by atoms with E-state index in [1.807, 2.05) is 0 Å². The van der Waals surface area contributed by atoms with Crippen molar-refractivity contribution in [2.75, 3.05) is 7.05 Å². The van der Waals surface area contributed by atoms with Crippen molar-refractivity contribution in [1.29, 1.82) is 0 Å². The van der Waals surface area contributed by atoms with Crippen LogP contribution in [-0.2, 0) is 23.5 Å². The molecule has 0 unspecified atom stereocenters. The van der Waals surface area contributed by atoms with E-state index >= 15 is 0 Å². The number of nitrogens with zero attached hydrogens (tertiary/aromatic N) is 4. The molecule has 1 aromatic heterocycles. The van der Waals surface area contributed by atoms with E-state index in [2.05, 4.69) is 20.1 Å². The highest BCUT2D eigenvalue weighted by Gasteiger charge is 2.35. The smallest absolute Gasteiger partial charge is 0.214 e. The second-order valence-corrected chi connectivity index (χ2v) is 8.52. The molecular formula is C16H21F2N5O2S. The molecule has 1 aromatic carbocycles. The Bertz CT molecular complexity index is 888. The zero-order chi connectivity index (χ0) is 18.9. The largest absolute Gasteiger partial charge is 0.248 e. The molecule has 0 radical (unpaired) electrons. The van der Waals surface area contributed by atoms with Crippen molar-refractivity contribution in [3.63, 3.8) is 0 Å². The third kappa shape index (κ3) is 4.07. The van der Waals surface area contributed by atoms with Gasteiger partial charge in [-0.2, -0.15) is 4.80 Å². The molecule has 26 heavy (non-hydrogen) atoms. The van der Waals surface area contributed by atoms with Crippen LogP contribution in [0.5, 0.6) is 0 Å². The minimum atomic E-state index is -3.62. The minimum absolute atomic E-state index is 0.0985. The summed E-state index contributed by atoms with van der Waals surface area (Å²) in [5.41, 5.74) is 1.40. The first kappa shape index (κ1) is 18.8. The van der Waals surface area contributed by atoms with Gasteiger partial charge in [-0.15, -0.1) is 10.2 Å². The van der Waals surface area contributed by atoms with Crippen molar-refractivity contribution in [3.8, 4) is 11.4 Å². The number of rotatable bonds is 5. The molecule has 1 fully saturated rings. The maximum absolute atomic E-state index is 13.4. The minimum Gasteiger partial charge on any atom is -0.214 e. The fraction of sp³-hybridized carbons (Fsp3) is 0.562. The van der Waals surface area contributed by atoms with Crippen molar-refractivity contribution >= 4 is 10.0 Å². The number of sulfonamides is 1. The standard InChI is InChI=1S/C16H21F2N5O2S/c1-19-26(24,25)13-4-3-12(9-11-5-7-16(17,18)8-6-11)14(10-13)15-20-22-23(2)21-15/h3-4,10-11,19H,5-9H2,1-2H3. The van der Waals surface area contributed by atoms with Gasteiger partial charge >= 0.3 is 0 Å². The summed E-state index contributed by atoms with van der Waals surface area (Å²) >= 11 is 0. The maximum Gasteiger partial charge on any atom is 0.248 e. The van der Waals surface area contributed by atoms with E-state index in [1.54, 1.807) is 13.1 Å². The van der Waals surface area contributed by atoms with E-state index in [9.17, 15) is 17.2 Å². The van der Waals surface area contributed by atoms with Gasteiger partial charge in [0.2, 0.25) is 21.8 Å². The second-order valence-electron chi connectivity index (χ2n) is 6.63. The van der Waals surface area contributed by atoms with Gasteiger partial charge < -0.3 is 0 Å². The monoisotopic (exact) mass is 385 g/mol. The third-order valence-corrected chi connectivity index (χ3v) is 6.17. The number of halogens is 2. The van der Waals surface area contributed by atoms with Gasteiger partial charge in [0.15, 0.2) is 0 Å². The Morgan fingerprint density at radius 3 is 2.58 bits per heavy atom. The predicted octanol–water partition coefficient (Wildman–Crippen LogP) is 2.15. The number of aromatic nitrogens is 4. The second kappa shape index (κ2) is 6.99. The van der Waals surface area contributed by atoms with Gasteiger partial charge in [-0.1, -0.05) is 6.07 Å². The fourth-order valence-corrected chi connectivity index (χ4v) is 3.99. The van der Waals surface area contributed by atoms with Crippen LogP contribution in [0, 0.1) is 5.92 Å². The number of nitrogens with one attached hydrogen (secondary N) is 1. The van der Waals surface area contributed by atoms with Crippen LogP contribution in [0.25, 0.3) is 11.4 Å². The van der Waals surface area contributed by atoms with Crippen molar-refractivity contribution in [1.82, 2.24) is 24.9 Å². The molecular weight excluding hydrogens is 364 g/mol. The lowest BCUT2D eigenvalue weighted by atomic mass is 9.82. The molecule has 10 heteroatoms. The molecule has 1 heterocycles. The van der Waals surface area contributed by atoms with Crippen LogP contribution in [0.15, 0.2) is 23.1 Å². The molecule has 0 amide bonds. The van der Waals surface area contributed by atoms with E-state index < -0.39 is 15.9 Å². The molecule has 142 valence electrons. The highest BCUT2D eigenvalue weighted by molar-refractivity contribution is 7.89. The zero-order valence-electron chi connectivity index (χ0n) is 14.6. The Balaban J connectivity index is 1.94. The van der Waals surface area contributed by atoms with Crippen LogP contribution >= 0.6 is 0 Å². The molecule has 2 aromatic rings. The van der Waals surface area contributed by atoms with Crippen molar-refractivity contribution in [2.45, 2.75) is 42.9 Å². The summed E-state index contributed by atoms with van der Waals surface area (Å²) in [6.07, 6.45) is 1.24. The van der Waals surface area contributed by atoms with E-state index in [0.717, 1.165) is 5.56 Å². The molecule has 0 bridgehead atoms. The van der Waals surface area contributed by atoms with Crippen molar-refractivity contribution < 1.29 is 17.2 Å². The Labute approximate surface area is 150 Å². The maximum atomic E-state index is 13.4. The van der Waals surface area contributed by atoms with E-state index in [0.29, 0.717) is 30.7 Å². The summed E-state index contributed by atoms with van der Waals surface area (Å²) in [6.45, 7) is 0. The Hall–Kier alpha value is -1.94. The first-order valence-corrected chi connectivity index (χ1v) is 9.87. The normalized spacial score (nSPS) is 18.2. The van der Waals surface area contributed by atoms with Gasteiger partial charge in [0, 0.05) is 18.4 Å². The quantitative estimate of drug-likeness (QED) is 0.852. The van der Waals surface area contributed by atoms with E-state index in [-0.39, 0.29) is 23.7 Å². The first-order valence-electron chi connectivity index (χ1n) is 8.39. The molecule has 0 spiro atoms. The fourth-order valence-electron chi connectivity index (χ4n) is 3.23. The van der Waals surface area contributed by atoms with Crippen molar-refractivity contribution in [2.24, 2.45) is 13.0 Å². The summed E-state index contributed by atoms with van der Waals surface area (Å²) in [6, 6.07) is 4.73. The Morgan fingerprint density at radius 1 is 1.31 bits per heavy atom. The van der Waals surface area contributed by atoms with Gasteiger partial charge in [0.05, 0.1) is 11.9 Å². The molecule has 1 aliphatic rings. The van der Waals surface area contributed by atoms with Crippen LogP contribution in [0.1, 0.15) is 31.2 Å². The molecule has 0 aliphatic heterocycles. The predicted molar refractivity (Wildman–Crippen MR) is 91.1 cm³/mol. The van der Waals surface area contributed by atoms with Crippen LogP contribution in [-0.4, -0.2) is 41.6 Å². The topological polar surface area (TPSA) is 89.8 Å². The number of hydrogen-bond donors (Lipinski definition) is 1.